The summed E-state index contributed by atoms with van der Waals surface area (Å²) in [5.74, 6) is -0.900. The molecule has 0 spiro atoms. The Labute approximate surface area is 178 Å². The van der Waals surface area contributed by atoms with Crippen LogP contribution in [0.4, 0.5) is 10.1 Å². The van der Waals surface area contributed by atoms with Gasteiger partial charge in [-0.25, -0.2) is 4.39 Å². The van der Waals surface area contributed by atoms with Crippen LogP contribution in [0.5, 0.6) is 11.5 Å². The van der Waals surface area contributed by atoms with Gasteiger partial charge in [0.05, 0.1) is 36.7 Å². The van der Waals surface area contributed by atoms with Crippen LogP contribution in [-0.2, 0) is 14.3 Å². The maximum Gasteiger partial charge on any atom is 0.309 e. The van der Waals surface area contributed by atoms with Crippen molar-refractivity contribution in [1.82, 2.24) is 4.57 Å². The first-order valence-electron chi connectivity index (χ1n) is 10.5. The van der Waals surface area contributed by atoms with Crippen LogP contribution in [0.15, 0.2) is 17.1 Å². The van der Waals surface area contributed by atoms with Crippen LogP contribution in [-0.4, -0.2) is 43.8 Å². The Morgan fingerprint density at radius 1 is 1.26 bits per heavy atom. The van der Waals surface area contributed by atoms with Gasteiger partial charge in [-0.1, -0.05) is 0 Å². The number of pyridine rings is 1. The monoisotopic (exact) mass is 432 g/mol. The van der Waals surface area contributed by atoms with E-state index in [-0.39, 0.29) is 47.0 Å². The number of halogens is 1. The van der Waals surface area contributed by atoms with Gasteiger partial charge in [-0.15, -0.1) is 0 Å². The summed E-state index contributed by atoms with van der Waals surface area (Å²) in [4.78, 5) is 37.5. The van der Waals surface area contributed by atoms with Gasteiger partial charge < -0.3 is 23.7 Å². The second kappa shape index (κ2) is 8.56. The number of benzene rings is 1. The molecule has 0 bridgehead atoms. The minimum atomic E-state index is -0.596. The SMILES string of the molecule is CCOC(=O)C1CCN(c2c(F)cc3c(=O)c(OC=O)cn(C4CC4)c3c2OC)CC1. The standard InChI is InChI=1S/C22H25FN2O6/c1-3-30-22(28)13-6-8-24(9-7-13)19-16(23)10-15-18(21(19)29-2)25(14-4-5-14)11-17(20(15)27)31-12-26/h10-14H,3-9H2,1-2H3. The van der Waals surface area contributed by atoms with Gasteiger partial charge in [0.2, 0.25) is 5.43 Å². The molecule has 2 aliphatic rings. The Bertz CT molecular complexity index is 1070. The summed E-state index contributed by atoms with van der Waals surface area (Å²) in [7, 11) is 1.45. The van der Waals surface area contributed by atoms with E-state index in [1.807, 2.05) is 9.47 Å². The fraction of sp³-hybridized carbons (Fsp3) is 0.500. The van der Waals surface area contributed by atoms with E-state index in [9.17, 15) is 14.4 Å². The fourth-order valence-electron chi connectivity index (χ4n) is 4.28. The van der Waals surface area contributed by atoms with Crippen molar-refractivity contribution < 1.29 is 28.2 Å². The van der Waals surface area contributed by atoms with Crippen molar-refractivity contribution in [3.05, 3.63) is 28.3 Å². The molecule has 4 rings (SSSR count). The second-order valence-electron chi connectivity index (χ2n) is 7.82. The Hall–Kier alpha value is -3.10. The number of hydrogen-bond donors (Lipinski definition) is 0. The van der Waals surface area contributed by atoms with E-state index >= 15 is 4.39 Å². The lowest BCUT2D eigenvalue weighted by Gasteiger charge is -2.34. The molecule has 8 nitrogen and oxygen atoms in total. The van der Waals surface area contributed by atoms with Crippen molar-refractivity contribution in [2.24, 2.45) is 5.92 Å². The molecule has 1 saturated heterocycles. The molecule has 1 aliphatic heterocycles. The van der Waals surface area contributed by atoms with E-state index in [0.717, 1.165) is 12.8 Å². The van der Waals surface area contributed by atoms with Gasteiger partial charge in [0, 0.05) is 19.1 Å². The van der Waals surface area contributed by atoms with Crippen molar-refractivity contribution in [2.45, 2.75) is 38.6 Å². The van der Waals surface area contributed by atoms with E-state index in [4.69, 9.17) is 14.2 Å². The zero-order valence-electron chi connectivity index (χ0n) is 17.6. The molecule has 2 aromatic rings. The zero-order valence-corrected chi connectivity index (χ0v) is 17.6. The number of fused-ring (bicyclic) bond motifs is 1. The highest BCUT2D eigenvalue weighted by atomic mass is 19.1. The quantitative estimate of drug-likeness (QED) is 0.491. The molecule has 31 heavy (non-hydrogen) atoms. The largest absolute Gasteiger partial charge is 0.492 e. The van der Waals surface area contributed by atoms with Gasteiger partial charge in [0.15, 0.2) is 17.3 Å². The molecule has 1 aliphatic carbocycles. The van der Waals surface area contributed by atoms with Crippen molar-refractivity contribution in [2.75, 3.05) is 31.7 Å². The number of ether oxygens (including phenoxy) is 3. The van der Waals surface area contributed by atoms with Gasteiger partial charge >= 0.3 is 5.97 Å². The number of hydrogen-bond acceptors (Lipinski definition) is 7. The number of aromatic nitrogens is 1. The summed E-state index contributed by atoms with van der Waals surface area (Å²) in [6.07, 6.45) is 4.38. The smallest absolute Gasteiger partial charge is 0.309 e. The Balaban J connectivity index is 1.79. The van der Waals surface area contributed by atoms with Crippen LogP contribution in [0.1, 0.15) is 38.6 Å². The number of methoxy groups -OCH3 is 1. The van der Waals surface area contributed by atoms with Gasteiger partial charge in [0.1, 0.15) is 5.69 Å². The first kappa shape index (κ1) is 21.1. The number of nitrogens with zero attached hydrogens (tertiary/aromatic N) is 2. The molecule has 0 N–H and O–H groups in total. The van der Waals surface area contributed by atoms with E-state index in [0.29, 0.717) is 38.1 Å². The molecule has 1 aromatic carbocycles. The van der Waals surface area contributed by atoms with E-state index < -0.39 is 11.2 Å². The summed E-state index contributed by atoms with van der Waals surface area (Å²) in [6.45, 7) is 3.22. The summed E-state index contributed by atoms with van der Waals surface area (Å²) in [6, 6.07) is 1.31. The molecule has 166 valence electrons. The van der Waals surface area contributed by atoms with Gasteiger partial charge in [0.25, 0.3) is 6.47 Å². The molecule has 1 saturated carbocycles. The fourth-order valence-corrected chi connectivity index (χ4v) is 4.28. The summed E-state index contributed by atoms with van der Waals surface area (Å²) in [5, 5.41) is 0.103. The minimum absolute atomic E-state index is 0.103. The first-order chi connectivity index (χ1) is 15.0. The molecular weight excluding hydrogens is 407 g/mol. The Morgan fingerprint density at radius 2 is 1.97 bits per heavy atom. The van der Waals surface area contributed by atoms with Gasteiger partial charge in [-0.05, 0) is 38.7 Å². The third-order valence-electron chi connectivity index (χ3n) is 5.92. The molecular formula is C22H25FN2O6. The van der Waals surface area contributed by atoms with E-state index in [2.05, 4.69) is 0 Å². The van der Waals surface area contributed by atoms with Crippen molar-refractivity contribution in [3.63, 3.8) is 0 Å². The first-order valence-corrected chi connectivity index (χ1v) is 10.5. The van der Waals surface area contributed by atoms with Crippen LogP contribution >= 0.6 is 0 Å². The third kappa shape index (κ3) is 3.84. The van der Waals surface area contributed by atoms with Crippen LogP contribution < -0.4 is 19.8 Å². The van der Waals surface area contributed by atoms with Crippen LogP contribution in [0.2, 0.25) is 0 Å². The summed E-state index contributed by atoms with van der Waals surface area (Å²) in [5.41, 5.74) is 0.191. The summed E-state index contributed by atoms with van der Waals surface area (Å²) >= 11 is 0. The molecule has 2 heterocycles. The third-order valence-corrected chi connectivity index (χ3v) is 5.92. The molecule has 0 atom stereocenters. The van der Waals surface area contributed by atoms with Crippen molar-refractivity contribution in [1.29, 1.82) is 0 Å². The zero-order chi connectivity index (χ0) is 22.1. The molecule has 9 heteroatoms. The van der Waals surface area contributed by atoms with Crippen molar-refractivity contribution >= 4 is 29.0 Å². The van der Waals surface area contributed by atoms with E-state index in [1.165, 1.54) is 19.4 Å². The predicted molar refractivity (Wildman–Crippen MR) is 111 cm³/mol. The number of anilines is 1. The average Bonchev–Trinajstić information content (AvgIpc) is 3.61. The molecule has 2 fully saturated rings. The normalized spacial score (nSPS) is 16.9. The number of carbonyl (C=O) groups is 2. The van der Waals surface area contributed by atoms with E-state index in [1.54, 1.807) is 6.92 Å². The maximum absolute atomic E-state index is 15.3. The molecule has 1 aromatic heterocycles. The minimum Gasteiger partial charge on any atom is -0.492 e. The highest BCUT2D eigenvalue weighted by Gasteiger charge is 2.33. The Morgan fingerprint density at radius 3 is 2.55 bits per heavy atom. The number of piperidine rings is 1. The number of esters is 1. The van der Waals surface area contributed by atoms with Crippen molar-refractivity contribution in [3.8, 4) is 11.5 Å². The van der Waals surface area contributed by atoms with Crippen LogP contribution in [0.3, 0.4) is 0 Å². The second-order valence-corrected chi connectivity index (χ2v) is 7.82. The van der Waals surface area contributed by atoms with Crippen LogP contribution in [0, 0.1) is 11.7 Å². The molecule has 0 radical (unpaired) electrons. The highest BCUT2D eigenvalue weighted by Crippen LogP contribution is 2.44. The van der Waals surface area contributed by atoms with Gasteiger partial charge in [-0.3, -0.25) is 14.4 Å². The molecule has 0 unspecified atom stereocenters. The van der Waals surface area contributed by atoms with Crippen LogP contribution in [0.25, 0.3) is 10.9 Å². The van der Waals surface area contributed by atoms with Gasteiger partial charge in [-0.2, -0.15) is 0 Å². The topological polar surface area (TPSA) is 87.1 Å². The lowest BCUT2D eigenvalue weighted by Crippen LogP contribution is -2.37. The molecule has 0 amide bonds. The Kier molecular flexibility index (Phi) is 5.84. The average molecular weight is 432 g/mol. The lowest BCUT2D eigenvalue weighted by atomic mass is 9.96. The summed E-state index contributed by atoms with van der Waals surface area (Å²) < 4.78 is 32.7. The lowest BCUT2D eigenvalue weighted by molar-refractivity contribution is -0.148. The highest BCUT2D eigenvalue weighted by molar-refractivity contribution is 5.92. The maximum atomic E-state index is 15.3. The number of carbonyl (C=O) groups excluding carboxylic acids is 2. The number of rotatable bonds is 7. The predicted octanol–water partition coefficient (Wildman–Crippen LogP) is 2.80.